The van der Waals surface area contributed by atoms with E-state index in [2.05, 4.69) is 6.92 Å². The second kappa shape index (κ2) is 6.98. The molecule has 0 amide bonds. The van der Waals surface area contributed by atoms with Crippen molar-refractivity contribution in [1.82, 2.24) is 0 Å². The number of carbonyl (C=O) groups is 1. The van der Waals surface area contributed by atoms with Gasteiger partial charge in [0, 0.05) is 16.9 Å². The summed E-state index contributed by atoms with van der Waals surface area (Å²) in [4.78, 5) is 16.4. The predicted octanol–water partition coefficient (Wildman–Crippen LogP) is 1.90. The highest BCUT2D eigenvalue weighted by Gasteiger charge is 2.09. The highest BCUT2D eigenvalue weighted by molar-refractivity contribution is 5.68. The van der Waals surface area contributed by atoms with Crippen molar-refractivity contribution in [3.8, 4) is 0 Å². The summed E-state index contributed by atoms with van der Waals surface area (Å²) in [6.45, 7) is 2.15. The van der Waals surface area contributed by atoms with E-state index < -0.39 is 0 Å². The summed E-state index contributed by atoms with van der Waals surface area (Å²) < 4.78 is 1.43. The van der Waals surface area contributed by atoms with Gasteiger partial charge >= 0.3 is 5.97 Å². The molecule has 1 aromatic heterocycles. The fourth-order valence-corrected chi connectivity index (χ4v) is 1.30. The number of pyridine rings is 1. The van der Waals surface area contributed by atoms with Crippen LogP contribution in [0.2, 0.25) is 0 Å². The van der Waals surface area contributed by atoms with E-state index in [9.17, 15) is 4.79 Å². The van der Waals surface area contributed by atoms with Crippen LogP contribution in [-0.2, 0) is 4.79 Å². The fraction of sp³-hybridized carbons (Fsp3) is 0.500. The quantitative estimate of drug-likeness (QED) is 0.528. The Kier molecular flexibility index (Phi) is 5.44. The van der Waals surface area contributed by atoms with Crippen molar-refractivity contribution in [3.63, 3.8) is 0 Å². The van der Waals surface area contributed by atoms with Crippen molar-refractivity contribution in [2.75, 3.05) is 0 Å². The summed E-state index contributed by atoms with van der Waals surface area (Å²) in [6, 6.07) is 5.53. The maximum Gasteiger partial charge on any atom is 0.380 e. The number of unbranched alkanes of at least 4 members (excludes halogenated alkanes) is 3. The van der Waals surface area contributed by atoms with Gasteiger partial charge < -0.3 is 0 Å². The highest BCUT2D eigenvalue weighted by atomic mass is 16.7. The van der Waals surface area contributed by atoms with Crippen LogP contribution in [0.1, 0.15) is 39.0 Å². The lowest BCUT2D eigenvalue weighted by atomic mass is 10.2. The Morgan fingerprint density at radius 1 is 1.13 bits per heavy atom. The SMILES string of the molecule is CCCCCCC(=O)O[n+]1ccccc1. The van der Waals surface area contributed by atoms with Gasteiger partial charge in [-0.25, -0.2) is 4.79 Å². The molecular formula is C12H18NO2+. The standard InChI is InChI=1S/C12H18NO2/c1-2-3-4-6-9-12(14)15-13-10-7-5-8-11-13/h5,7-8,10-11H,2-4,6,9H2,1H3/q+1. The van der Waals surface area contributed by atoms with Crippen molar-refractivity contribution >= 4 is 5.97 Å². The molecule has 1 rings (SSSR count). The van der Waals surface area contributed by atoms with Crippen molar-refractivity contribution in [2.45, 2.75) is 39.0 Å². The van der Waals surface area contributed by atoms with E-state index in [4.69, 9.17) is 4.84 Å². The van der Waals surface area contributed by atoms with Crippen molar-refractivity contribution in [2.24, 2.45) is 0 Å². The summed E-state index contributed by atoms with van der Waals surface area (Å²) in [7, 11) is 0. The first-order chi connectivity index (χ1) is 7.33. The minimum atomic E-state index is -0.165. The molecule has 0 aliphatic rings. The second-order valence-corrected chi connectivity index (χ2v) is 3.51. The summed E-state index contributed by atoms with van der Waals surface area (Å²) in [5, 5.41) is 0. The first kappa shape index (κ1) is 11.7. The Morgan fingerprint density at radius 2 is 1.87 bits per heavy atom. The van der Waals surface area contributed by atoms with Gasteiger partial charge in [-0.3, -0.25) is 0 Å². The van der Waals surface area contributed by atoms with Gasteiger partial charge in [0.2, 0.25) is 12.4 Å². The van der Waals surface area contributed by atoms with E-state index in [1.165, 1.54) is 17.6 Å². The van der Waals surface area contributed by atoms with Crippen LogP contribution < -0.4 is 9.57 Å². The zero-order valence-electron chi connectivity index (χ0n) is 9.19. The van der Waals surface area contributed by atoms with Gasteiger partial charge in [-0.2, -0.15) is 4.84 Å². The van der Waals surface area contributed by atoms with Crippen molar-refractivity contribution < 1.29 is 14.4 Å². The van der Waals surface area contributed by atoms with E-state index in [-0.39, 0.29) is 5.97 Å². The molecule has 0 aromatic carbocycles. The lowest BCUT2D eigenvalue weighted by molar-refractivity contribution is -0.869. The monoisotopic (exact) mass is 208 g/mol. The Bertz CT molecular complexity index is 285. The van der Waals surface area contributed by atoms with Gasteiger partial charge in [-0.05, 0) is 6.42 Å². The maximum atomic E-state index is 11.3. The lowest BCUT2D eigenvalue weighted by Gasteiger charge is -1.97. The molecule has 1 heterocycles. The summed E-state index contributed by atoms with van der Waals surface area (Å²) in [5.41, 5.74) is 0. The molecule has 0 aliphatic carbocycles. The van der Waals surface area contributed by atoms with E-state index in [0.717, 1.165) is 12.8 Å². The molecule has 3 heteroatoms. The molecule has 0 atom stereocenters. The van der Waals surface area contributed by atoms with Gasteiger partial charge in [-0.15, -0.1) is 0 Å². The van der Waals surface area contributed by atoms with Gasteiger partial charge in [0.05, 0.1) is 6.42 Å². The van der Waals surface area contributed by atoms with Crippen LogP contribution in [0.5, 0.6) is 0 Å². The third-order valence-corrected chi connectivity index (χ3v) is 2.13. The van der Waals surface area contributed by atoms with Crippen LogP contribution in [0.3, 0.4) is 0 Å². The minimum Gasteiger partial charge on any atom is -0.245 e. The van der Waals surface area contributed by atoms with E-state index in [0.29, 0.717) is 6.42 Å². The van der Waals surface area contributed by atoms with Gasteiger partial charge in [-0.1, -0.05) is 32.3 Å². The molecule has 1 aromatic rings. The van der Waals surface area contributed by atoms with Crippen LogP contribution in [0, 0.1) is 0 Å². The van der Waals surface area contributed by atoms with Crippen molar-refractivity contribution in [1.29, 1.82) is 0 Å². The summed E-state index contributed by atoms with van der Waals surface area (Å²) in [6.07, 6.45) is 8.31. The molecule has 0 radical (unpaired) electrons. The largest absolute Gasteiger partial charge is 0.380 e. The number of carbonyl (C=O) groups excluding carboxylic acids is 1. The Balaban J connectivity index is 2.19. The Morgan fingerprint density at radius 3 is 2.53 bits per heavy atom. The van der Waals surface area contributed by atoms with E-state index >= 15 is 0 Å². The zero-order valence-corrected chi connectivity index (χ0v) is 9.19. The Labute approximate surface area is 90.6 Å². The molecule has 0 saturated heterocycles. The van der Waals surface area contributed by atoms with Gasteiger partial charge in [0.25, 0.3) is 0 Å². The third kappa shape index (κ3) is 5.15. The van der Waals surface area contributed by atoms with Crippen molar-refractivity contribution in [3.05, 3.63) is 30.6 Å². The number of hydrogen-bond acceptors (Lipinski definition) is 2. The second-order valence-electron chi connectivity index (χ2n) is 3.51. The normalized spacial score (nSPS) is 9.93. The van der Waals surface area contributed by atoms with Crippen LogP contribution in [0.4, 0.5) is 0 Å². The first-order valence-electron chi connectivity index (χ1n) is 5.50. The topological polar surface area (TPSA) is 30.2 Å². The summed E-state index contributed by atoms with van der Waals surface area (Å²) in [5.74, 6) is -0.165. The zero-order chi connectivity index (χ0) is 10.9. The molecule has 0 bridgehead atoms. The molecule has 0 N–H and O–H groups in total. The number of hydrogen-bond donors (Lipinski definition) is 0. The number of nitrogens with zero attached hydrogens (tertiary/aromatic N) is 1. The molecular weight excluding hydrogens is 190 g/mol. The molecule has 0 fully saturated rings. The molecule has 3 nitrogen and oxygen atoms in total. The van der Waals surface area contributed by atoms with Crippen LogP contribution >= 0.6 is 0 Å². The van der Waals surface area contributed by atoms with Gasteiger partial charge in [0.15, 0.2) is 0 Å². The molecule has 0 saturated carbocycles. The number of aromatic nitrogens is 1. The molecule has 0 spiro atoms. The average Bonchev–Trinajstić information content (AvgIpc) is 2.26. The molecule has 15 heavy (non-hydrogen) atoms. The summed E-state index contributed by atoms with van der Waals surface area (Å²) >= 11 is 0. The van der Waals surface area contributed by atoms with Crippen LogP contribution in [-0.4, -0.2) is 5.97 Å². The molecule has 82 valence electrons. The Hall–Kier alpha value is -1.38. The van der Waals surface area contributed by atoms with E-state index in [1.54, 1.807) is 12.4 Å². The first-order valence-corrected chi connectivity index (χ1v) is 5.50. The molecule has 0 aliphatic heterocycles. The smallest absolute Gasteiger partial charge is 0.245 e. The van der Waals surface area contributed by atoms with Crippen LogP contribution in [0.15, 0.2) is 30.6 Å². The maximum absolute atomic E-state index is 11.3. The third-order valence-electron chi connectivity index (χ3n) is 2.13. The van der Waals surface area contributed by atoms with E-state index in [1.807, 2.05) is 18.2 Å². The number of rotatable bonds is 6. The fourth-order valence-electron chi connectivity index (χ4n) is 1.30. The lowest BCUT2D eigenvalue weighted by Crippen LogP contribution is -2.44. The minimum absolute atomic E-state index is 0.165. The highest BCUT2D eigenvalue weighted by Crippen LogP contribution is 2.01. The van der Waals surface area contributed by atoms with Gasteiger partial charge in [0.1, 0.15) is 0 Å². The predicted molar refractivity (Wildman–Crippen MR) is 57.0 cm³/mol. The molecule has 0 unspecified atom stereocenters. The van der Waals surface area contributed by atoms with Crippen LogP contribution in [0.25, 0.3) is 0 Å². The average molecular weight is 208 g/mol.